The minimum absolute atomic E-state index is 0.0851. The number of hydrogen-bond donors (Lipinski definition) is 1. The third kappa shape index (κ3) is 4.06. The molecule has 0 aliphatic heterocycles. The van der Waals surface area contributed by atoms with Crippen LogP contribution in [0.5, 0.6) is 0 Å². The summed E-state index contributed by atoms with van der Waals surface area (Å²) in [6, 6.07) is 0.0851. The largest absolute Gasteiger partial charge is 0.319 e. The molecular formula is C8H20N2O2S. The van der Waals surface area contributed by atoms with E-state index in [-0.39, 0.29) is 11.8 Å². The Labute approximate surface area is 81.4 Å². The van der Waals surface area contributed by atoms with E-state index in [4.69, 9.17) is 0 Å². The van der Waals surface area contributed by atoms with Crippen LogP contribution in [0.3, 0.4) is 0 Å². The van der Waals surface area contributed by atoms with E-state index in [2.05, 4.69) is 5.32 Å². The zero-order chi connectivity index (χ0) is 10.5. The Morgan fingerprint density at radius 2 is 2.00 bits per heavy atom. The Morgan fingerprint density at radius 3 is 2.38 bits per heavy atom. The van der Waals surface area contributed by atoms with Gasteiger partial charge in [-0.2, -0.15) is 0 Å². The molecule has 1 unspecified atom stereocenters. The SMILES string of the molecule is CCC(C)N(C)S(=O)(=O)CCNC. The van der Waals surface area contributed by atoms with Crippen LogP contribution in [0.1, 0.15) is 20.3 Å². The Morgan fingerprint density at radius 1 is 1.46 bits per heavy atom. The second-order valence-corrected chi connectivity index (χ2v) is 5.34. The fraction of sp³-hybridized carbons (Fsp3) is 1.00. The standard InChI is InChI=1S/C8H20N2O2S/c1-5-8(2)10(4)13(11,12)7-6-9-3/h8-9H,5-7H2,1-4H3. The molecule has 0 bridgehead atoms. The lowest BCUT2D eigenvalue weighted by atomic mass is 10.3. The average Bonchev–Trinajstić information content (AvgIpc) is 2.12. The summed E-state index contributed by atoms with van der Waals surface area (Å²) in [4.78, 5) is 0. The summed E-state index contributed by atoms with van der Waals surface area (Å²) in [7, 11) is 0.324. The van der Waals surface area contributed by atoms with Crippen molar-refractivity contribution in [1.29, 1.82) is 0 Å². The molecule has 0 saturated carbocycles. The fourth-order valence-electron chi connectivity index (χ4n) is 0.906. The lowest BCUT2D eigenvalue weighted by Gasteiger charge is -2.22. The van der Waals surface area contributed by atoms with Crippen molar-refractivity contribution >= 4 is 10.0 Å². The molecule has 0 amide bonds. The van der Waals surface area contributed by atoms with Gasteiger partial charge in [-0.15, -0.1) is 0 Å². The number of sulfonamides is 1. The van der Waals surface area contributed by atoms with Crippen molar-refractivity contribution in [3.8, 4) is 0 Å². The predicted molar refractivity (Wildman–Crippen MR) is 55.2 cm³/mol. The van der Waals surface area contributed by atoms with Gasteiger partial charge >= 0.3 is 0 Å². The van der Waals surface area contributed by atoms with Crippen molar-refractivity contribution in [3.05, 3.63) is 0 Å². The molecule has 0 fully saturated rings. The van der Waals surface area contributed by atoms with Crippen LogP contribution in [0, 0.1) is 0 Å². The van der Waals surface area contributed by atoms with Crippen LogP contribution >= 0.6 is 0 Å². The average molecular weight is 208 g/mol. The number of nitrogens with zero attached hydrogens (tertiary/aromatic N) is 1. The van der Waals surface area contributed by atoms with Gasteiger partial charge in [0.1, 0.15) is 0 Å². The van der Waals surface area contributed by atoms with Crippen molar-refractivity contribution < 1.29 is 8.42 Å². The van der Waals surface area contributed by atoms with E-state index < -0.39 is 10.0 Å². The van der Waals surface area contributed by atoms with Gasteiger partial charge in [0.15, 0.2) is 0 Å². The molecule has 0 aromatic heterocycles. The van der Waals surface area contributed by atoms with Crippen molar-refractivity contribution in [1.82, 2.24) is 9.62 Å². The zero-order valence-electron chi connectivity index (χ0n) is 8.87. The first-order valence-corrected chi connectivity index (χ1v) is 6.17. The van der Waals surface area contributed by atoms with Gasteiger partial charge < -0.3 is 5.32 Å². The second kappa shape index (κ2) is 5.57. The Hall–Kier alpha value is -0.130. The molecule has 13 heavy (non-hydrogen) atoms. The highest BCUT2D eigenvalue weighted by molar-refractivity contribution is 7.89. The van der Waals surface area contributed by atoms with Crippen molar-refractivity contribution in [2.75, 3.05) is 26.4 Å². The van der Waals surface area contributed by atoms with E-state index in [0.29, 0.717) is 6.54 Å². The molecule has 0 heterocycles. The van der Waals surface area contributed by atoms with Crippen molar-refractivity contribution in [3.63, 3.8) is 0 Å². The van der Waals surface area contributed by atoms with E-state index in [1.54, 1.807) is 14.1 Å². The number of hydrogen-bond acceptors (Lipinski definition) is 3. The molecule has 4 nitrogen and oxygen atoms in total. The van der Waals surface area contributed by atoms with Gasteiger partial charge in [-0.1, -0.05) is 6.92 Å². The molecule has 5 heteroatoms. The van der Waals surface area contributed by atoms with E-state index >= 15 is 0 Å². The molecule has 80 valence electrons. The van der Waals surface area contributed by atoms with Crippen LogP contribution < -0.4 is 5.32 Å². The van der Waals surface area contributed by atoms with Crippen LogP contribution in [0.2, 0.25) is 0 Å². The Bertz CT molecular complexity index is 226. The minimum Gasteiger partial charge on any atom is -0.319 e. The van der Waals surface area contributed by atoms with Crippen molar-refractivity contribution in [2.24, 2.45) is 0 Å². The summed E-state index contributed by atoms with van der Waals surface area (Å²) in [5.41, 5.74) is 0. The normalized spacial score (nSPS) is 14.8. The lowest BCUT2D eigenvalue weighted by molar-refractivity contribution is 0.380. The molecule has 0 rings (SSSR count). The van der Waals surface area contributed by atoms with E-state index in [9.17, 15) is 8.42 Å². The smallest absolute Gasteiger partial charge is 0.215 e. The van der Waals surface area contributed by atoms with Crippen LogP contribution in [0.15, 0.2) is 0 Å². The topological polar surface area (TPSA) is 49.4 Å². The molecular weight excluding hydrogens is 188 g/mol. The van der Waals surface area contributed by atoms with Crippen LogP contribution in [0.25, 0.3) is 0 Å². The van der Waals surface area contributed by atoms with Crippen LogP contribution in [0.4, 0.5) is 0 Å². The van der Waals surface area contributed by atoms with Gasteiger partial charge in [-0.3, -0.25) is 0 Å². The number of rotatable bonds is 6. The van der Waals surface area contributed by atoms with Crippen LogP contribution in [-0.4, -0.2) is 45.2 Å². The van der Waals surface area contributed by atoms with Gasteiger partial charge in [0, 0.05) is 19.6 Å². The van der Waals surface area contributed by atoms with E-state index in [0.717, 1.165) is 6.42 Å². The summed E-state index contributed by atoms with van der Waals surface area (Å²) in [6.07, 6.45) is 0.843. The third-order valence-electron chi connectivity index (χ3n) is 2.26. The first-order valence-electron chi connectivity index (χ1n) is 4.56. The van der Waals surface area contributed by atoms with Gasteiger partial charge in [-0.25, -0.2) is 12.7 Å². The Balaban J connectivity index is 4.28. The highest BCUT2D eigenvalue weighted by Gasteiger charge is 2.20. The Kier molecular flexibility index (Phi) is 5.51. The third-order valence-corrected chi connectivity index (χ3v) is 4.22. The zero-order valence-corrected chi connectivity index (χ0v) is 9.69. The van der Waals surface area contributed by atoms with Gasteiger partial charge in [-0.05, 0) is 20.4 Å². The molecule has 1 N–H and O–H groups in total. The molecule has 0 aromatic carbocycles. The second-order valence-electron chi connectivity index (χ2n) is 3.19. The van der Waals surface area contributed by atoms with Gasteiger partial charge in [0.2, 0.25) is 10.0 Å². The highest BCUT2D eigenvalue weighted by Crippen LogP contribution is 2.06. The summed E-state index contributed by atoms with van der Waals surface area (Å²) in [5.74, 6) is 0.171. The number of nitrogens with one attached hydrogen (secondary N) is 1. The maximum Gasteiger partial charge on any atom is 0.215 e. The quantitative estimate of drug-likeness (QED) is 0.681. The van der Waals surface area contributed by atoms with Crippen LogP contribution in [-0.2, 0) is 10.0 Å². The lowest BCUT2D eigenvalue weighted by Crippen LogP contribution is -2.38. The minimum atomic E-state index is -3.06. The fourth-order valence-corrected chi connectivity index (χ4v) is 2.35. The van der Waals surface area contributed by atoms with Gasteiger partial charge in [0.05, 0.1) is 5.75 Å². The first kappa shape index (κ1) is 12.9. The molecule has 0 aromatic rings. The maximum atomic E-state index is 11.6. The predicted octanol–water partition coefficient (Wildman–Crippen LogP) is 0.266. The molecule has 0 spiro atoms. The van der Waals surface area contributed by atoms with E-state index in [1.807, 2.05) is 13.8 Å². The maximum absolute atomic E-state index is 11.6. The summed E-state index contributed by atoms with van der Waals surface area (Å²) >= 11 is 0. The molecule has 0 radical (unpaired) electrons. The first-order chi connectivity index (χ1) is 5.95. The summed E-state index contributed by atoms with van der Waals surface area (Å²) in [5, 5.41) is 2.83. The van der Waals surface area contributed by atoms with Crippen molar-refractivity contribution in [2.45, 2.75) is 26.3 Å². The molecule has 1 atom stereocenters. The highest BCUT2D eigenvalue weighted by atomic mass is 32.2. The molecule has 0 saturated heterocycles. The monoisotopic (exact) mass is 208 g/mol. The molecule has 0 aliphatic rings. The summed E-state index contributed by atoms with van der Waals surface area (Å²) < 4.78 is 24.6. The van der Waals surface area contributed by atoms with E-state index in [1.165, 1.54) is 4.31 Å². The van der Waals surface area contributed by atoms with Gasteiger partial charge in [0.25, 0.3) is 0 Å². The molecule has 0 aliphatic carbocycles. The summed E-state index contributed by atoms with van der Waals surface area (Å²) in [6.45, 7) is 4.40.